The molecule has 0 aromatic carbocycles. The highest BCUT2D eigenvalue weighted by atomic mass is 19.4. The van der Waals surface area contributed by atoms with Crippen LogP contribution in [0.15, 0.2) is 24.4 Å². The molecule has 55 valence electrons. The van der Waals surface area contributed by atoms with Gasteiger partial charge in [0.05, 0.1) is 0 Å². The molecular weight excluding hydrogens is 143 g/mol. The molecule has 1 radical (unpaired) electrons. The normalized spacial score (nSPS) is 19.1. The molecule has 0 saturated heterocycles. The van der Waals surface area contributed by atoms with E-state index in [2.05, 4.69) is 5.32 Å². The van der Waals surface area contributed by atoms with Crippen molar-refractivity contribution in [3.8, 4) is 0 Å². The Balaban J connectivity index is 2.60. The van der Waals surface area contributed by atoms with E-state index in [9.17, 15) is 13.2 Å². The third-order valence-corrected chi connectivity index (χ3v) is 1.01. The molecule has 0 spiro atoms. The molecule has 1 N–H and O–H groups in total. The molecule has 1 rings (SSSR count). The van der Waals surface area contributed by atoms with Crippen LogP contribution in [0.3, 0.4) is 0 Å². The molecule has 1 aliphatic rings. The third-order valence-electron chi connectivity index (χ3n) is 1.01. The molecule has 0 aromatic heterocycles. The second-order valence-corrected chi connectivity index (χ2v) is 1.77. The number of halogens is 3. The molecular formula is C6H5F3N. The molecule has 0 unspecified atom stereocenters. The quantitative estimate of drug-likeness (QED) is 0.551. The summed E-state index contributed by atoms with van der Waals surface area (Å²) >= 11 is 0. The fourth-order valence-corrected chi connectivity index (χ4v) is 0.570. The predicted molar refractivity (Wildman–Crippen MR) is 30.7 cm³/mol. The van der Waals surface area contributed by atoms with E-state index in [1.54, 1.807) is 0 Å². The van der Waals surface area contributed by atoms with Gasteiger partial charge >= 0.3 is 6.18 Å². The largest absolute Gasteiger partial charge is 0.418 e. The molecule has 1 aliphatic heterocycles. The molecule has 10 heavy (non-hydrogen) atoms. The molecule has 1 nitrogen and oxygen atoms in total. The zero-order valence-corrected chi connectivity index (χ0v) is 4.94. The fraction of sp³-hybridized carbons (Fsp3) is 0.167. The first-order chi connectivity index (χ1) is 4.61. The second-order valence-electron chi connectivity index (χ2n) is 1.77. The van der Waals surface area contributed by atoms with Gasteiger partial charge in [0, 0.05) is 0 Å². The average Bonchev–Trinajstić information content (AvgIpc) is 1.88. The third kappa shape index (κ3) is 1.52. The van der Waals surface area contributed by atoms with Gasteiger partial charge in [-0.15, -0.1) is 0 Å². The molecule has 1 heterocycles. The van der Waals surface area contributed by atoms with E-state index in [0.29, 0.717) is 0 Å². The highest BCUT2D eigenvalue weighted by Crippen LogP contribution is 2.27. The van der Waals surface area contributed by atoms with Gasteiger partial charge in [0.25, 0.3) is 0 Å². The summed E-state index contributed by atoms with van der Waals surface area (Å²) in [5, 5.41) is 2.08. The van der Waals surface area contributed by atoms with E-state index in [-0.39, 0.29) is 0 Å². The van der Waals surface area contributed by atoms with Crippen LogP contribution >= 0.6 is 0 Å². The van der Waals surface area contributed by atoms with Crippen LogP contribution in [0.4, 0.5) is 13.2 Å². The maximum atomic E-state index is 11.8. The van der Waals surface area contributed by atoms with Crippen LogP contribution in [0.1, 0.15) is 0 Å². The van der Waals surface area contributed by atoms with Gasteiger partial charge < -0.3 is 5.32 Å². The number of hydrogen-bond donors (Lipinski definition) is 1. The van der Waals surface area contributed by atoms with Crippen molar-refractivity contribution in [1.29, 1.82) is 0 Å². The van der Waals surface area contributed by atoms with E-state index in [1.807, 2.05) is 0 Å². The standard InChI is InChI=1S/C6H5F3N/c7-6(8,9)5-3-1-2-4-10-5/h1-4,10H. The second kappa shape index (κ2) is 2.36. The number of hydrogen-bond acceptors (Lipinski definition) is 1. The lowest BCUT2D eigenvalue weighted by Gasteiger charge is -2.16. The predicted octanol–water partition coefficient (Wildman–Crippen LogP) is 1.75. The molecule has 0 aliphatic carbocycles. The Bertz CT molecular complexity index is 168. The van der Waals surface area contributed by atoms with Crippen molar-refractivity contribution in [2.24, 2.45) is 0 Å². The van der Waals surface area contributed by atoms with Gasteiger partial charge in [-0.3, -0.25) is 0 Å². The Morgan fingerprint density at radius 1 is 1.20 bits per heavy atom. The van der Waals surface area contributed by atoms with E-state index in [1.165, 1.54) is 18.4 Å². The number of dihydropyridines is 1. The molecule has 0 saturated carbocycles. The summed E-state index contributed by atoms with van der Waals surface area (Å²) in [6.45, 7) is 0. The Kier molecular flexibility index (Phi) is 1.70. The van der Waals surface area contributed by atoms with Gasteiger partial charge in [0.1, 0.15) is 0 Å². The smallest absolute Gasteiger partial charge is 0.372 e. The van der Waals surface area contributed by atoms with Crippen molar-refractivity contribution < 1.29 is 13.2 Å². The number of allylic oxidation sites excluding steroid dienone is 2. The summed E-state index contributed by atoms with van der Waals surface area (Å²) in [5.74, 6) is 0. The lowest BCUT2D eigenvalue weighted by molar-refractivity contribution is -0.112. The van der Waals surface area contributed by atoms with Crippen molar-refractivity contribution in [1.82, 2.24) is 5.32 Å². The van der Waals surface area contributed by atoms with E-state index >= 15 is 0 Å². The highest BCUT2D eigenvalue weighted by molar-refractivity contribution is 5.23. The minimum Gasteiger partial charge on any atom is -0.372 e. The zero-order chi connectivity index (χ0) is 7.61. The monoisotopic (exact) mass is 148 g/mol. The first-order valence-electron chi connectivity index (χ1n) is 2.64. The van der Waals surface area contributed by atoms with Gasteiger partial charge in [-0.2, -0.15) is 13.2 Å². The van der Waals surface area contributed by atoms with E-state index < -0.39 is 12.2 Å². The summed E-state index contributed by atoms with van der Waals surface area (Å²) in [7, 11) is 0. The SMILES string of the molecule is FC(F)(F)[C]1C=CC=CN1. The number of nitrogens with one attached hydrogen (secondary N) is 1. The Labute approximate surface area is 56.2 Å². The van der Waals surface area contributed by atoms with Crippen LogP contribution in [-0.4, -0.2) is 6.18 Å². The summed E-state index contributed by atoms with van der Waals surface area (Å²) in [4.78, 5) is 0. The van der Waals surface area contributed by atoms with Crippen LogP contribution in [0.25, 0.3) is 0 Å². The maximum absolute atomic E-state index is 11.8. The Hall–Kier alpha value is -0.930. The summed E-state index contributed by atoms with van der Waals surface area (Å²) < 4.78 is 35.3. The van der Waals surface area contributed by atoms with Crippen molar-refractivity contribution in [3.05, 3.63) is 30.5 Å². The van der Waals surface area contributed by atoms with Gasteiger partial charge in [-0.05, 0) is 18.4 Å². The van der Waals surface area contributed by atoms with Gasteiger partial charge in [-0.25, -0.2) is 0 Å². The molecule has 4 heteroatoms. The first kappa shape index (κ1) is 7.18. The summed E-state index contributed by atoms with van der Waals surface area (Å²) in [6.07, 6.45) is 0.790. The van der Waals surface area contributed by atoms with Crippen molar-refractivity contribution in [3.63, 3.8) is 0 Å². The van der Waals surface area contributed by atoms with E-state index in [0.717, 1.165) is 6.08 Å². The fourth-order valence-electron chi connectivity index (χ4n) is 0.570. The lowest BCUT2D eigenvalue weighted by atomic mass is 10.2. The van der Waals surface area contributed by atoms with E-state index in [4.69, 9.17) is 0 Å². The molecule has 0 amide bonds. The maximum Gasteiger partial charge on any atom is 0.418 e. The van der Waals surface area contributed by atoms with Crippen LogP contribution in [0.2, 0.25) is 0 Å². The van der Waals surface area contributed by atoms with Crippen LogP contribution in [0.5, 0.6) is 0 Å². The summed E-state index contributed by atoms with van der Waals surface area (Å²) in [5.41, 5.74) is 0. The minimum absolute atomic E-state index is 0.727. The van der Waals surface area contributed by atoms with Crippen LogP contribution in [-0.2, 0) is 0 Å². The van der Waals surface area contributed by atoms with Crippen molar-refractivity contribution >= 4 is 0 Å². The summed E-state index contributed by atoms with van der Waals surface area (Å²) in [6, 6.07) is -0.727. The zero-order valence-electron chi connectivity index (χ0n) is 4.94. The first-order valence-corrected chi connectivity index (χ1v) is 2.64. The Morgan fingerprint density at radius 3 is 2.20 bits per heavy atom. The van der Waals surface area contributed by atoms with Gasteiger partial charge in [0.15, 0.2) is 6.04 Å². The Morgan fingerprint density at radius 2 is 1.90 bits per heavy atom. The van der Waals surface area contributed by atoms with Crippen LogP contribution < -0.4 is 5.32 Å². The lowest BCUT2D eigenvalue weighted by Crippen LogP contribution is -2.30. The average molecular weight is 148 g/mol. The molecule has 0 aromatic rings. The molecule has 0 atom stereocenters. The van der Waals surface area contributed by atoms with Crippen LogP contribution in [0, 0.1) is 6.04 Å². The molecule has 0 bridgehead atoms. The van der Waals surface area contributed by atoms with Crippen molar-refractivity contribution in [2.45, 2.75) is 6.18 Å². The molecule has 0 fully saturated rings. The highest BCUT2D eigenvalue weighted by Gasteiger charge is 2.38. The topological polar surface area (TPSA) is 12.0 Å². The van der Waals surface area contributed by atoms with Crippen molar-refractivity contribution in [2.75, 3.05) is 0 Å². The van der Waals surface area contributed by atoms with Gasteiger partial charge in [0.2, 0.25) is 0 Å². The minimum atomic E-state index is -4.26. The number of alkyl halides is 3. The van der Waals surface area contributed by atoms with Gasteiger partial charge in [-0.1, -0.05) is 6.08 Å². The number of rotatable bonds is 0.